The molecule has 0 saturated carbocycles. The Morgan fingerprint density at radius 1 is 0.950 bits per heavy atom. The second kappa shape index (κ2) is 7.49. The van der Waals surface area contributed by atoms with Gasteiger partial charge in [-0.15, -0.1) is 0 Å². The molecule has 0 aliphatic rings. The molecule has 0 aliphatic carbocycles. The minimum absolute atomic E-state index is 0.366. The number of hydrogen-bond acceptors (Lipinski definition) is 2. The highest BCUT2D eigenvalue weighted by Gasteiger charge is 2.13. The zero-order chi connectivity index (χ0) is 14.2. The van der Waals surface area contributed by atoms with Gasteiger partial charge in [0.1, 0.15) is 0 Å². The van der Waals surface area contributed by atoms with Gasteiger partial charge in [0, 0.05) is 12.3 Å². The summed E-state index contributed by atoms with van der Waals surface area (Å²) in [7, 11) is 1.56. The maximum Gasteiger partial charge on any atom is 0.180 e. The van der Waals surface area contributed by atoms with E-state index in [2.05, 4.69) is 48.5 Å². The molecule has 2 nitrogen and oxygen atoms in total. The molecule has 0 saturated heterocycles. The van der Waals surface area contributed by atoms with Crippen LogP contribution in [0, 0.1) is 5.41 Å². The Bertz CT molecular complexity index is 482. The molecule has 1 N–H and O–H groups in total. The van der Waals surface area contributed by atoms with Gasteiger partial charge < -0.3 is 4.74 Å². The SMILES string of the molecule is COC(=N)CCCC(c1ccccc1)c1ccccc1. The van der Waals surface area contributed by atoms with E-state index in [1.165, 1.54) is 11.1 Å². The summed E-state index contributed by atoms with van der Waals surface area (Å²) in [5.41, 5.74) is 2.67. The lowest BCUT2D eigenvalue weighted by molar-refractivity contribution is 0.382. The lowest BCUT2D eigenvalue weighted by atomic mass is 9.87. The van der Waals surface area contributed by atoms with E-state index in [0.29, 0.717) is 18.2 Å². The molecule has 2 heteroatoms. The molecule has 0 heterocycles. The van der Waals surface area contributed by atoms with Crippen LogP contribution in [0.3, 0.4) is 0 Å². The zero-order valence-corrected chi connectivity index (χ0v) is 11.9. The van der Waals surface area contributed by atoms with Gasteiger partial charge in [0.15, 0.2) is 5.90 Å². The molecule has 0 spiro atoms. The van der Waals surface area contributed by atoms with Crippen LogP contribution in [-0.2, 0) is 4.74 Å². The van der Waals surface area contributed by atoms with E-state index in [9.17, 15) is 0 Å². The first kappa shape index (κ1) is 14.3. The predicted molar refractivity (Wildman–Crippen MR) is 83.3 cm³/mol. The van der Waals surface area contributed by atoms with Gasteiger partial charge in [-0.25, -0.2) is 0 Å². The van der Waals surface area contributed by atoms with E-state index in [1.807, 2.05) is 12.1 Å². The Morgan fingerprint density at radius 2 is 1.45 bits per heavy atom. The number of methoxy groups -OCH3 is 1. The third kappa shape index (κ3) is 3.95. The summed E-state index contributed by atoms with van der Waals surface area (Å²) in [6.07, 6.45) is 2.69. The van der Waals surface area contributed by atoms with Crippen LogP contribution >= 0.6 is 0 Å². The molecule has 0 unspecified atom stereocenters. The summed E-state index contributed by atoms with van der Waals surface area (Å²) in [5.74, 6) is 0.756. The van der Waals surface area contributed by atoms with Gasteiger partial charge in [-0.3, -0.25) is 5.41 Å². The topological polar surface area (TPSA) is 33.1 Å². The van der Waals surface area contributed by atoms with E-state index in [0.717, 1.165) is 12.8 Å². The first-order chi connectivity index (χ1) is 9.81. The minimum atomic E-state index is 0.366. The number of hydrogen-bond donors (Lipinski definition) is 1. The molecule has 0 aliphatic heterocycles. The molecule has 0 fully saturated rings. The Balaban J connectivity index is 2.11. The van der Waals surface area contributed by atoms with E-state index >= 15 is 0 Å². The molecule has 2 rings (SSSR count). The number of rotatable bonds is 6. The van der Waals surface area contributed by atoms with E-state index in [1.54, 1.807) is 7.11 Å². The fourth-order valence-corrected chi connectivity index (χ4v) is 2.47. The Morgan fingerprint density at radius 3 is 1.90 bits per heavy atom. The monoisotopic (exact) mass is 267 g/mol. The zero-order valence-electron chi connectivity index (χ0n) is 11.9. The second-order valence-corrected chi connectivity index (χ2v) is 4.89. The largest absolute Gasteiger partial charge is 0.484 e. The number of ether oxygens (including phenoxy) is 1. The van der Waals surface area contributed by atoms with Crippen molar-refractivity contribution in [1.29, 1.82) is 5.41 Å². The lowest BCUT2D eigenvalue weighted by Gasteiger charge is -2.18. The minimum Gasteiger partial charge on any atom is -0.484 e. The van der Waals surface area contributed by atoms with Crippen LogP contribution in [0.15, 0.2) is 60.7 Å². The fraction of sp³-hybridized carbons (Fsp3) is 0.278. The highest BCUT2D eigenvalue weighted by Crippen LogP contribution is 2.29. The van der Waals surface area contributed by atoms with E-state index in [-0.39, 0.29) is 0 Å². The average molecular weight is 267 g/mol. The fourth-order valence-electron chi connectivity index (χ4n) is 2.47. The Hall–Kier alpha value is -2.09. The predicted octanol–water partition coefficient (Wildman–Crippen LogP) is 4.61. The molecular formula is C18H21NO. The highest BCUT2D eigenvalue weighted by atomic mass is 16.5. The Kier molecular flexibility index (Phi) is 5.36. The number of nitrogens with one attached hydrogen (secondary N) is 1. The smallest absolute Gasteiger partial charge is 0.180 e. The van der Waals surface area contributed by atoms with Crippen molar-refractivity contribution in [3.05, 3.63) is 71.8 Å². The third-order valence-corrected chi connectivity index (χ3v) is 3.55. The second-order valence-electron chi connectivity index (χ2n) is 4.89. The molecule has 2 aromatic carbocycles. The third-order valence-electron chi connectivity index (χ3n) is 3.55. The van der Waals surface area contributed by atoms with Crippen LogP contribution in [0.5, 0.6) is 0 Å². The van der Waals surface area contributed by atoms with E-state index in [4.69, 9.17) is 10.1 Å². The molecule has 20 heavy (non-hydrogen) atoms. The summed E-state index contributed by atoms with van der Waals surface area (Å²) >= 11 is 0. The maximum atomic E-state index is 7.57. The van der Waals surface area contributed by atoms with Crippen molar-refractivity contribution >= 4 is 5.90 Å². The summed E-state index contributed by atoms with van der Waals surface area (Å²) in [4.78, 5) is 0. The Labute approximate surface area is 120 Å². The van der Waals surface area contributed by atoms with Crippen molar-refractivity contribution in [3.8, 4) is 0 Å². The van der Waals surface area contributed by atoms with Gasteiger partial charge in [0.25, 0.3) is 0 Å². The van der Waals surface area contributed by atoms with Crippen molar-refractivity contribution < 1.29 is 4.74 Å². The van der Waals surface area contributed by atoms with Gasteiger partial charge in [-0.2, -0.15) is 0 Å². The quantitative estimate of drug-likeness (QED) is 0.601. The molecule has 0 amide bonds. The molecule has 104 valence electrons. The highest BCUT2D eigenvalue weighted by molar-refractivity contribution is 5.72. The van der Waals surface area contributed by atoms with Crippen LogP contribution in [0.4, 0.5) is 0 Å². The van der Waals surface area contributed by atoms with Crippen molar-refractivity contribution in [2.24, 2.45) is 0 Å². The van der Waals surface area contributed by atoms with Crippen LogP contribution in [0.25, 0.3) is 0 Å². The van der Waals surface area contributed by atoms with Crippen LogP contribution in [-0.4, -0.2) is 13.0 Å². The molecule has 0 aromatic heterocycles. The van der Waals surface area contributed by atoms with Crippen molar-refractivity contribution in [3.63, 3.8) is 0 Å². The summed E-state index contributed by atoms with van der Waals surface area (Å²) in [6.45, 7) is 0. The van der Waals surface area contributed by atoms with Gasteiger partial charge in [0.05, 0.1) is 7.11 Å². The summed E-state index contributed by atoms with van der Waals surface area (Å²) in [6, 6.07) is 21.2. The summed E-state index contributed by atoms with van der Waals surface area (Å²) < 4.78 is 4.93. The molecule has 2 aromatic rings. The van der Waals surface area contributed by atoms with Crippen LogP contribution in [0.1, 0.15) is 36.3 Å². The van der Waals surface area contributed by atoms with Crippen LogP contribution < -0.4 is 0 Å². The normalized spacial score (nSPS) is 10.5. The standard InChI is InChI=1S/C18H21NO/c1-20-18(19)14-8-13-17(15-9-4-2-5-10-15)16-11-6-3-7-12-16/h2-7,9-12,17,19H,8,13-14H2,1H3. The molecule has 0 bridgehead atoms. The van der Waals surface area contributed by atoms with Gasteiger partial charge in [-0.1, -0.05) is 60.7 Å². The average Bonchev–Trinajstić information content (AvgIpc) is 2.53. The lowest BCUT2D eigenvalue weighted by Crippen LogP contribution is -2.04. The molecule has 0 atom stereocenters. The maximum absolute atomic E-state index is 7.57. The first-order valence-corrected chi connectivity index (χ1v) is 7.02. The van der Waals surface area contributed by atoms with Crippen molar-refractivity contribution in [2.45, 2.75) is 25.2 Å². The van der Waals surface area contributed by atoms with E-state index < -0.39 is 0 Å². The molecule has 0 radical (unpaired) electrons. The van der Waals surface area contributed by atoms with Crippen molar-refractivity contribution in [1.82, 2.24) is 0 Å². The summed E-state index contributed by atoms with van der Waals surface area (Å²) in [5, 5.41) is 7.57. The van der Waals surface area contributed by atoms with Gasteiger partial charge in [-0.05, 0) is 24.0 Å². The van der Waals surface area contributed by atoms with Gasteiger partial charge >= 0.3 is 0 Å². The van der Waals surface area contributed by atoms with Crippen molar-refractivity contribution in [2.75, 3.05) is 7.11 Å². The number of benzene rings is 2. The molecular weight excluding hydrogens is 246 g/mol. The van der Waals surface area contributed by atoms with Gasteiger partial charge in [0.2, 0.25) is 0 Å². The van der Waals surface area contributed by atoms with Crippen LogP contribution in [0.2, 0.25) is 0 Å². The first-order valence-electron chi connectivity index (χ1n) is 7.02.